The molecule has 6 aromatic rings. The summed E-state index contributed by atoms with van der Waals surface area (Å²) in [5, 5.41) is 28.0. The van der Waals surface area contributed by atoms with E-state index in [1.165, 1.54) is 36.4 Å². The van der Waals surface area contributed by atoms with Gasteiger partial charge in [0.2, 0.25) is 5.95 Å². The fourth-order valence-electron chi connectivity index (χ4n) is 5.86. The number of carboxylic acids is 1. The monoisotopic (exact) mass is 954 g/mol. The van der Waals surface area contributed by atoms with Crippen LogP contribution in [0.15, 0.2) is 138 Å². The number of rotatable bonds is 17. The fourth-order valence-corrected chi connectivity index (χ4v) is 8.03. The van der Waals surface area contributed by atoms with Gasteiger partial charge < -0.3 is 10.4 Å². The van der Waals surface area contributed by atoms with Crippen molar-refractivity contribution in [3.05, 3.63) is 126 Å². The topological polar surface area (TPSA) is 352 Å². The Bertz CT molecular complexity index is 3210. The average molecular weight is 955 g/mol. The van der Waals surface area contributed by atoms with Gasteiger partial charge >= 0.3 is 16.6 Å². The third-order valence-electron chi connectivity index (χ3n) is 8.58. The van der Waals surface area contributed by atoms with Crippen molar-refractivity contribution in [1.82, 2.24) is 15.0 Å². The molecule has 0 bridgehead atoms. The number of carbonyl (C=O) groups is 1. The zero-order chi connectivity index (χ0) is 46.7. The van der Waals surface area contributed by atoms with Gasteiger partial charge in [0.1, 0.15) is 21.4 Å². The minimum atomic E-state index is -4.85. The first-order valence-corrected chi connectivity index (χ1v) is 23.5. The van der Waals surface area contributed by atoms with Crippen LogP contribution >= 0.6 is 0 Å². The SMILES string of the molecule is O=C(O)CCCCNc1nc(Cc2ccc(N=Nc3cc(S(=O)(=O)O)c4cccc(S(=O)(=O)O)c4c3)cc2)nc(Cc2ccc(N=Nc3ccccc3)cc2S(=O)(=O)O)n1.O=S(=O)=O. The Hall–Kier alpha value is -6.81. The first-order valence-electron chi connectivity index (χ1n) is 18.2. The van der Waals surface area contributed by atoms with E-state index in [4.69, 9.17) is 17.7 Å². The third-order valence-corrected chi connectivity index (χ3v) is 11.3. The Morgan fingerprint density at radius 1 is 0.562 bits per heavy atom. The van der Waals surface area contributed by atoms with Gasteiger partial charge in [-0.05, 0) is 78.6 Å². The maximum atomic E-state index is 12.5. The van der Waals surface area contributed by atoms with E-state index >= 15 is 0 Å². The second kappa shape index (κ2) is 21.0. The van der Waals surface area contributed by atoms with Crippen molar-refractivity contribution in [3.63, 3.8) is 0 Å². The molecular weight excluding hydrogens is 921 g/mol. The first kappa shape index (κ1) is 48.2. The largest absolute Gasteiger partial charge is 0.481 e. The molecule has 6 rings (SSSR count). The van der Waals surface area contributed by atoms with Crippen LogP contribution in [0.25, 0.3) is 10.8 Å². The quantitative estimate of drug-likeness (QED) is 0.0373. The lowest BCUT2D eigenvalue weighted by Crippen LogP contribution is -2.13. The predicted octanol–water partition coefficient (Wildman–Crippen LogP) is 6.44. The molecule has 0 aliphatic rings. The van der Waals surface area contributed by atoms with Crippen LogP contribution < -0.4 is 5.32 Å². The molecule has 0 saturated heterocycles. The van der Waals surface area contributed by atoms with Gasteiger partial charge in [-0.3, -0.25) is 18.5 Å². The van der Waals surface area contributed by atoms with Crippen LogP contribution in [0.2, 0.25) is 0 Å². The molecule has 26 heteroatoms. The van der Waals surface area contributed by atoms with Crippen LogP contribution in [-0.4, -0.2) is 84.1 Å². The second-order valence-electron chi connectivity index (χ2n) is 13.2. The molecule has 0 radical (unpaired) electrons. The molecule has 0 amide bonds. The molecule has 0 fully saturated rings. The standard InChI is InChI=1S/C38H34N8O11S3.O3S/c47-37(48)11-4-5-18-39-38-41-35(40-36(42-38)20-25-14-17-28(22-33(25)59(52,53)54)45-43-26-7-2-1-3-8-26)19-24-12-15-27(16-13-24)44-46-29-21-31-30(34(23-29)60(55,56)57)9-6-10-32(31)58(49,50)51;1-4(2)3/h1-3,6-10,12-17,21-23H,4-5,11,18-20H2,(H,47,48)(H,49,50,51)(H,52,53,54)(H,55,56,57)(H,39,40,41,42);. The van der Waals surface area contributed by atoms with Gasteiger partial charge in [-0.15, -0.1) is 12.6 Å². The van der Waals surface area contributed by atoms with E-state index in [9.17, 15) is 43.7 Å². The summed E-state index contributed by atoms with van der Waals surface area (Å²) in [5.41, 5.74) is 1.71. The molecule has 1 aromatic heterocycles. The molecule has 0 unspecified atom stereocenters. The molecule has 334 valence electrons. The van der Waals surface area contributed by atoms with E-state index in [0.717, 1.165) is 12.1 Å². The Labute approximate surface area is 366 Å². The number of hydrogen-bond acceptors (Lipinski definition) is 18. The number of carboxylic acid groups (broad SMARTS) is 1. The van der Waals surface area contributed by atoms with Crippen LogP contribution in [-0.2, 0) is 58.6 Å². The van der Waals surface area contributed by atoms with E-state index in [1.807, 2.05) is 0 Å². The van der Waals surface area contributed by atoms with Crippen LogP contribution in [0.3, 0.4) is 0 Å². The Balaban J connectivity index is 0.00000185. The molecule has 1 heterocycles. The van der Waals surface area contributed by atoms with Crippen LogP contribution in [0.4, 0.5) is 28.7 Å². The van der Waals surface area contributed by atoms with Crippen LogP contribution in [0, 0.1) is 0 Å². The lowest BCUT2D eigenvalue weighted by Gasteiger charge is -2.11. The molecule has 0 spiro atoms. The molecule has 5 N–H and O–H groups in total. The van der Waals surface area contributed by atoms with Crippen molar-refractivity contribution >= 4 is 86.4 Å². The van der Waals surface area contributed by atoms with E-state index in [0.29, 0.717) is 36.3 Å². The molecule has 22 nitrogen and oxygen atoms in total. The predicted molar refractivity (Wildman–Crippen MR) is 226 cm³/mol. The van der Waals surface area contributed by atoms with Gasteiger partial charge in [-0.25, -0.2) is 4.98 Å². The fraction of sp³-hybridized carbons (Fsp3) is 0.158. The first-order chi connectivity index (χ1) is 30.2. The summed E-state index contributed by atoms with van der Waals surface area (Å²) in [6.45, 7) is 0.327. The molecule has 5 aromatic carbocycles. The second-order valence-corrected chi connectivity index (χ2v) is 17.8. The van der Waals surface area contributed by atoms with Crippen molar-refractivity contribution in [1.29, 1.82) is 0 Å². The van der Waals surface area contributed by atoms with Crippen molar-refractivity contribution in [2.45, 2.75) is 46.8 Å². The van der Waals surface area contributed by atoms with Gasteiger partial charge in [0.25, 0.3) is 30.4 Å². The zero-order valence-corrected chi connectivity index (χ0v) is 36.0. The van der Waals surface area contributed by atoms with Gasteiger partial charge in [-0.1, -0.05) is 48.5 Å². The maximum Gasteiger partial charge on any atom is 0.425 e. The lowest BCUT2D eigenvalue weighted by atomic mass is 10.1. The van der Waals surface area contributed by atoms with Gasteiger partial charge in [0.15, 0.2) is 0 Å². The zero-order valence-electron chi connectivity index (χ0n) is 32.7. The summed E-state index contributed by atoms with van der Waals surface area (Å²) in [6, 6.07) is 25.2. The number of unbranched alkanes of at least 4 members (excludes halogenated alkanes) is 1. The Morgan fingerprint density at radius 2 is 1.11 bits per heavy atom. The normalized spacial score (nSPS) is 12.0. The van der Waals surface area contributed by atoms with Crippen molar-refractivity contribution in [2.75, 3.05) is 11.9 Å². The minimum absolute atomic E-state index is 0.0207. The highest BCUT2D eigenvalue weighted by molar-refractivity contribution is 7.86. The molecule has 0 aliphatic carbocycles. The summed E-state index contributed by atoms with van der Waals surface area (Å²) >= 11 is 0. The Kier molecular flexibility index (Phi) is 15.9. The average Bonchev–Trinajstić information content (AvgIpc) is 3.21. The highest BCUT2D eigenvalue weighted by atomic mass is 32.2. The van der Waals surface area contributed by atoms with Crippen LogP contribution in [0.1, 0.15) is 42.0 Å². The van der Waals surface area contributed by atoms with E-state index in [2.05, 4.69) is 40.7 Å². The summed E-state index contributed by atoms with van der Waals surface area (Å²) in [4.78, 5) is 22.8. The van der Waals surface area contributed by atoms with E-state index in [1.54, 1.807) is 54.6 Å². The van der Waals surface area contributed by atoms with Crippen molar-refractivity contribution in [2.24, 2.45) is 20.5 Å². The number of hydrogen-bond donors (Lipinski definition) is 5. The number of nitrogens with zero attached hydrogens (tertiary/aromatic N) is 7. The molecule has 0 aliphatic heterocycles. The number of benzene rings is 5. The summed E-state index contributed by atoms with van der Waals surface area (Å²) in [5.74, 6) is -0.357. The van der Waals surface area contributed by atoms with E-state index < -0.39 is 61.6 Å². The number of fused-ring (bicyclic) bond motifs is 1. The highest BCUT2D eigenvalue weighted by Crippen LogP contribution is 2.34. The highest BCUT2D eigenvalue weighted by Gasteiger charge is 2.22. The minimum Gasteiger partial charge on any atom is -0.481 e. The number of azo groups is 2. The number of nitrogens with one attached hydrogen (secondary N) is 1. The van der Waals surface area contributed by atoms with Gasteiger partial charge in [-0.2, -0.15) is 55.7 Å². The van der Waals surface area contributed by atoms with Crippen molar-refractivity contribution in [3.8, 4) is 0 Å². The molecule has 64 heavy (non-hydrogen) atoms. The summed E-state index contributed by atoms with van der Waals surface area (Å²) in [7, 11) is -17.5. The van der Waals surface area contributed by atoms with Gasteiger partial charge in [0, 0.05) is 36.6 Å². The summed E-state index contributed by atoms with van der Waals surface area (Å²) < 4.78 is 128. The number of aliphatic carboxylic acids is 1. The smallest absolute Gasteiger partial charge is 0.425 e. The number of aromatic nitrogens is 3. The molecule has 0 saturated carbocycles. The van der Waals surface area contributed by atoms with Crippen molar-refractivity contribution < 1.29 is 61.4 Å². The molecule has 0 atom stereocenters. The van der Waals surface area contributed by atoms with Gasteiger partial charge in [0.05, 0.1) is 27.6 Å². The molecular formula is C38H34N8O14S4. The lowest BCUT2D eigenvalue weighted by molar-refractivity contribution is -0.137. The summed E-state index contributed by atoms with van der Waals surface area (Å²) in [6.07, 6.45) is 0.866. The number of anilines is 1. The van der Waals surface area contributed by atoms with Crippen LogP contribution in [0.5, 0.6) is 0 Å². The maximum absolute atomic E-state index is 12.5. The Morgan fingerprint density at radius 3 is 1.72 bits per heavy atom. The third kappa shape index (κ3) is 14.4. The van der Waals surface area contributed by atoms with E-state index in [-0.39, 0.29) is 64.6 Å².